The van der Waals surface area contributed by atoms with E-state index in [9.17, 15) is 9.59 Å². The second-order valence-corrected chi connectivity index (χ2v) is 10.8. The number of hydrogen-bond donors (Lipinski definition) is 0. The lowest BCUT2D eigenvalue weighted by Crippen LogP contribution is -2.48. The van der Waals surface area contributed by atoms with Gasteiger partial charge >= 0.3 is 0 Å². The number of hydrogen-bond acceptors (Lipinski definition) is 10. The fourth-order valence-electron chi connectivity index (χ4n) is 4.46. The predicted octanol–water partition coefficient (Wildman–Crippen LogP) is 2.44. The molecule has 0 spiro atoms. The molecule has 0 N–H and O–H groups in total. The minimum atomic E-state index is -0.822. The van der Waals surface area contributed by atoms with Crippen LogP contribution in [-0.4, -0.2) is 44.4 Å². The number of aromatic nitrogens is 4. The molecular formula is C16H17N5O3S3. The Kier molecular flexibility index (Phi) is 3.78. The number of aryl methyl sites for hydroxylation is 1. The molecule has 5 rings (SSSR count). The largest absolute Gasteiger partial charge is 0.373 e. The predicted molar refractivity (Wildman–Crippen MR) is 101 cm³/mol. The van der Waals surface area contributed by atoms with Gasteiger partial charge in [-0.2, -0.15) is 0 Å². The van der Waals surface area contributed by atoms with Gasteiger partial charge in [-0.05, 0) is 33.6 Å². The molecule has 142 valence electrons. The summed E-state index contributed by atoms with van der Waals surface area (Å²) in [6, 6.07) is 0. The van der Waals surface area contributed by atoms with Gasteiger partial charge in [0.05, 0.1) is 28.8 Å². The molecule has 2 amide bonds. The topological polar surface area (TPSA) is 98.2 Å². The molecule has 3 aliphatic heterocycles. The van der Waals surface area contributed by atoms with Gasteiger partial charge in [-0.1, -0.05) is 34.4 Å². The lowest BCUT2D eigenvalue weighted by Gasteiger charge is -2.36. The zero-order chi connectivity index (χ0) is 19.0. The molecule has 2 aromatic rings. The molecule has 8 nitrogen and oxygen atoms in total. The average molecular weight is 424 g/mol. The van der Waals surface area contributed by atoms with Gasteiger partial charge in [0, 0.05) is 0 Å². The Bertz CT molecular complexity index is 927. The number of rotatable bonds is 4. The van der Waals surface area contributed by atoms with Crippen molar-refractivity contribution >= 4 is 51.4 Å². The fraction of sp³-hybridized carbons (Fsp3) is 0.625. The molecule has 0 saturated carbocycles. The Balaban J connectivity index is 1.40. The van der Waals surface area contributed by atoms with E-state index in [0.29, 0.717) is 10.9 Å². The molecule has 4 atom stereocenters. The van der Waals surface area contributed by atoms with E-state index in [1.54, 1.807) is 0 Å². The summed E-state index contributed by atoms with van der Waals surface area (Å²) in [4.78, 5) is 27.7. The number of carbonyl (C=O) groups excluding carboxylic acids is 2. The number of anilines is 1. The van der Waals surface area contributed by atoms with Crippen LogP contribution in [0.4, 0.5) is 5.13 Å². The number of amides is 2. The molecule has 0 radical (unpaired) electrons. The summed E-state index contributed by atoms with van der Waals surface area (Å²) in [6.45, 7) is 5.64. The van der Waals surface area contributed by atoms with E-state index in [4.69, 9.17) is 4.74 Å². The van der Waals surface area contributed by atoms with Crippen molar-refractivity contribution in [2.75, 3.05) is 4.90 Å². The highest BCUT2D eigenvalue weighted by atomic mass is 32.2. The number of nitrogens with zero attached hydrogens (tertiary/aromatic N) is 5. The van der Waals surface area contributed by atoms with Crippen LogP contribution in [0, 0.1) is 17.8 Å². The smallest absolute Gasteiger partial charge is 0.245 e. The monoisotopic (exact) mass is 423 g/mol. The van der Waals surface area contributed by atoms with Crippen molar-refractivity contribution in [3.8, 4) is 0 Å². The molecule has 11 heteroatoms. The van der Waals surface area contributed by atoms with E-state index < -0.39 is 10.8 Å². The van der Waals surface area contributed by atoms with Crippen molar-refractivity contribution in [1.29, 1.82) is 0 Å². The molecule has 2 aromatic heterocycles. The van der Waals surface area contributed by atoms with Crippen molar-refractivity contribution in [1.82, 2.24) is 20.4 Å². The van der Waals surface area contributed by atoms with Crippen LogP contribution in [0.5, 0.6) is 0 Å². The number of ether oxygens (including phenoxy) is 1. The van der Waals surface area contributed by atoms with Gasteiger partial charge in [-0.15, -0.1) is 20.4 Å². The van der Waals surface area contributed by atoms with Crippen molar-refractivity contribution < 1.29 is 14.3 Å². The van der Waals surface area contributed by atoms with Crippen LogP contribution in [0.2, 0.25) is 0 Å². The Hall–Kier alpha value is -1.43. The van der Waals surface area contributed by atoms with Crippen LogP contribution in [0.15, 0.2) is 4.34 Å². The maximum atomic E-state index is 13.2. The summed E-state index contributed by atoms with van der Waals surface area (Å²) >= 11 is 4.32. The summed E-state index contributed by atoms with van der Waals surface area (Å²) in [6.07, 6.45) is 1.25. The first-order chi connectivity index (χ1) is 12.9. The van der Waals surface area contributed by atoms with Crippen LogP contribution in [0.3, 0.4) is 0 Å². The number of thioether (sulfide) groups is 1. The van der Waals surface area contributed by atoms with Gasteiger partial charge in [0.2, 0.25) is 16.9 Å². The highest BCUT2D eigenvalue weighted by molar-refractivity contribution is 8.00. The van der Waals surface area contributed by atoms with Crippen molar-refractivity contribution in [3.05, 3.63) is 10.0 Å². The molecule has 3 aliphatic rings. The first kappa shape index (κ1) is 17.7. The Morgan fingerprint density at radius 3 is 2.33 bits per heavy atom. The third kappa shape index (κ3) is 2.19. The highest BCUT2D eigenvalue weighted by Gasteiger charge is 2.77. The summed E-state index contributed by atoms with van der Waals surface area (Å²) in [5.41, 5.74) is -1.64. The molecule has 3 fully saturated rings. The highest BCUT2D eigenvalue weighted by Crippen LogP contribution is 2.64. The van der Waals surface area contributed by atoms with Crippen LogP contribution in [-0.2, 0) is 20.1 Å². The third-order valence-electron chi connectivity index (χ3n) is 6.16. The molecule has 27 heavy (non-hydrogen) atoms. The first-order valence-electron chi connectivity index (χ1n) is 8.65. The van der Waals surface area contributed by atoms with Crippen LogP contribution >= 0.6 is 34.4 Å². The van der Waals surface area contributed by atoms with E-state index in [1.807, 2.05) is 20.8 Å². The normalized spacial score (nSPS) is 34.7. The van der Waals surface area contributed by atoms with Crippen LogP contribution in [0.1, 0.15) is 36.7 Å². The summed E-state index contributed by atoms with van der Waals surface area (Å²) in [5.74, 6) is 0.153. The molecule has 5 heterocycles. The maximum Gasteiger partial charge on any atom is 0.245 e. The second-order valence-electron chi connectivity index (χ2n) is 7.40. The lowest BCUT2D eigenvalue weighted by molar-refractivity contribution is -0.132. The SMILES string of the molecule is Cc1nnc(SCc2nnc(N3C(=O)[C@@]4(C)[C@@H]5CC[C@@H](O5)[C@@]4(C)C3=O)s2)s1. The van der Waals surface area contributed by atoms with Gasteiger partial charge < -0.3 is 4.74 Å². The average Bonchev–Trinajstić information content (AvgIpc) is 3.42. The molecule has 3 saturated heterocycles. The summed E-state index contributed by atoms with van der Waals surface area (Å²) in [7, 11) is 0. The number of fused-ring (bicyclic) bond motifs is 5. The zero-order valence-electron chi connectivity index (χ0n) is 15.0. The minimum Gasteiger partial charge on any atom is -0.373 e. The number of carbonyl (C=O) groups is 2. The van der Waals surface area contributed by atoms with Crippen LogP contribution in [0.25, 0.3) is 0 Å². The quantitative estimate of drug-likeness (QED) is 0.546. The van der Waals surface area contributed by atoms with Gasteiger partial charge in [0.15, 0.2) is 4.34 Å². The van der Waals surface area contributed by atoms with Gasteiger partial charge in [-0.25, -0.2) is 4.90 Å². The van der Waals surface area contributed by atoms with E-state index in [1.165, 1.54) is 39.3 Å². The third-order valence-corrected chi connectivity index (χ3v) is 9.23. The van der Waals surface area contributed by atoms with Crippen molar-refractivity contribution in [2.24, 2.45) is 10.8 Å². The zero-order valence-corrected chi connectivity index (χ0v) is 17.4. The van der Waals surface area contributed by atoms with Crippen molar-refractivity contribution in [3.63, 3.8) is 0 Å². The molecule has 2 bridgehead atoms. The Morgan fingerprint density at radius 2 is 1.74 bits per heavy atom. The molecule has 0 unspecified atom stereocenters. The summed E-state index contributed by atoms with van der Waals surface area (Å²) < 4.78 is 6.81. The van der Waals surface area contributed by atoms with E-state index in [-0.39, 0.29) is 24.0 Å². The van der Waals surface area contributed by atoms with E-state index >= 15 is 0 Å². The number of imide groups is 1. The van der Waals surface area contributed by atoms with Gasteiger partial charge in [-0.3, -0.25) is 9.59 Å². The minimum absolute atomic E-state index is 0.197. The Labute approximate surface area is 167 Å². The first-order valence-corrected chi connectivity index (χ1v) is 11.3. The standard InChI is InChI=1S/C16H17N5O3S3/c1-7-17-20-14(26-7)25-6-10-18-19-13(27-10)21-11(22)15(2)8-4-5-9(24-8)16(15,3)12(21)23/h8-9H,4-6H2,1-3H3/t8-,9+,15+,16-. The van der Waals surface area contributed by atoms with Gasteiger partial charge in [0.1, 0.15) is 10.0 Å². The Morgan fingerprint density at radius 1 is 1.07 bits per heavy atom. The lowest BCUT2D eigenvalue weighted by atomic mass is 9.59. The molecular weight excluding hydrogens is 406 g/mol. The van der Waals surface area contributed by atoms with E-state index in [2.05, 4.69) is 20.4 Å². The molecule has 0 aromatic carbocycles. The van der Waals surface area contributed by atoms with Gasteiger partial charge in [0.25, 0.3) is 0 Å². The second kappa shape index (κ2) is 5.79. The molecule has 0 aliphatic carbocycles. The van der Waals surface area contributed by atoms with Crippen molar-refractivity contribution in [2.45, 2.75) is 55.9 Å². The fourth-order valence-corrected chi connectivity index (χ4v) is 7.10. The van der Waals surface area contributed by atoms with Crippen LogP contribution < -0.4 is 4.90 Å². The maximum absolute atomic E-state index is 13.2. The van der Waals surface area contributed by atoms with E-state index in [0.717, 1.165) is 27.2 Å². The summed E-state index contributed by atoms with van der Waals surface area (Å²) in [5, 5.41) is 18.4.